The van der Waals surface area contributed by atoms with E-state index in [0.717, 1.165) is 36.1 Å². The van der Waals surface area contributed by atoms with Gasteiger partial charge in [0.1, 0.15) is 30.7 Å². The van der Waals surface area contributed by atoms with E-state index in [4.69, 9.17) is 9.57 Å². The lowest BCUT2D eigenvalue weighted by molar-refractivity contribution is -0.180. The van der Waals surface area contributed by atoms with E-state index in [2.05, 4.69) is 10.6 Å². The number of ether oxygens (including phenoxy) is 1. The number of aryl methyl sites for hydroxylation is 1. The molecule has 0 bridgehead atoms. The number of phenols is 1. The largest absolute Gasteiger partial charge is 0.507 e. The van der Waals surface area contributed by atoms with Crippen LogP contribution in [0.1, 0.15) is 119 Å². The molecular weight excluding hydrogens is 883 g/mol. The predicted octanol–water partition coefficient (Wildman–Crippen LogP) is 5.69. The highest BCUT2D eigenvalue weighted by Gasteiger charge is 2.45. The Morgan fingerprint density at radius 3 is 2.19 bits per heavy atom. The molecule has 18 heteroatoms. The maximum atomic E-state index is 14.5. The van der Waals surface area contributed by atoms with Crippen LogP contribution in [-0.4, -0.2) is 90.0 Å². The second kappa shape index (κ2) is 19.9. The second-order valence-electron chi connectivity index (χ2n) is 17.9. The van der Waals surface area contributed by atoms with Crippen LogP contribution in [0.3, 0.4) is 0 Å². The fraction of sp³-hybridized carbons (Fsp3) is 0.367. The third-order valence-corrected chi connectivity index (χ3v) is 13.6. The van der Waals surface area contributed by atoms with Crippen LogP contribution in [0.2, 0.25) is 0 Å². The van der Waals surface area contributed by atoms with E-state index in [9.17, 15) is 47.1 Å². The average molecular weight is 936 g/mol. The summed E-state index contributed by atoms with van der Waals surface area (Å²) in [6, 6.07) is 20.7. The number of sulfonamides is 1. The number of piperidine rings is 1. The molecule has 17 nitrogen and oxygen atoms in total. The molecule has 0 spiro atoms. The number of hydroxylamine groups is 1. The van der Waals surface area contributed by atoms with Gasteiger partial charge < -0.3 is 24.9 Å². The van der Waals surface area contributed by atoms with Crippen molar-refractivity contribution in [3.05, 3.63) is 118 Å². The van der Waals surface area contributed by atoms with Gasteiger partial charge in [0.15, 0.2) is 0 Å². The summed E-state index contributed by atoms with van der Waals surface area (Å²) >= 11 is 0. The Labute approximate surface area is 388 Å². The summed E-state index contributed by atoms with van der Waals surface area (Å²) in [6.07, 6.45) is 5.68. The number of aromatic hydroxyl groups is 1. The number of amides is 6. The van der Waals surface area contributed by atoms with Crippen LogP contribution in [0.25, 0.3) is 0 Å². The zero-order valence-electron chi connectivity index (χ0n) is 37.7. The van der Waals surface area contributed by atoms with E-state index in [1.54, 1.807) is 39.8 Å². The van der Waals surface area contributed by atoms with Crippen molar-refractivity contribution >= 4 is 57.1 Å². The molecule has 352 valence electrons. The van der Waals surface area contributed by atoms with Crippen LogP contribution in [0.4, 0.5) is 5.69 Å². The predicted molar refractivity (Wildman–Crippen MR) is 243 cm³/mol. The van der Waals surface area contributed by atoms with Gasteiger partial charge in [-0.1, -0.05) is 61.2 Å². The number of rotatable bonds is 15. The molecule has 2 aliphatic heterocycles. The van der Waals surface area contributed by atoms with Gasteiger partial charge in [-0.2, -0.15) is 0 Å². The number of nitrogens with one attached hydrogen (secondary N) is 2. The van der Waals surface area contributed by atoms with Crippen molar-refractivity contribution in [3.8, 4) is 11.5 Å². The van der Waals surface area contributed by atoms with Gasteiger partial charge in [-0.05, 0) is 111 Å². The molecule has 0 aromatic heterocycles. The highest BCUT2D eigenvalue weighted by atomic mass is 32.2. The van der Waals surface area contributed by atoms with Crippen LogP contribution in [0, 0.1) is 12.3 Å². The molecule has 67 heavy (non-hydrogen) atoms. The number of anilines is 1. The first-order valence-corrected chi connectivity index (χ1v) is 23.6. The molecule has 7 rings (SSSR count). The number of benzene rings is 4. The molecule has 1 saturated carbocycles. The molecule has 1 saturated heterocycles. The van der Waals surface area contributed by atoms with Crippen LogP contribution in [-0.2, 0) is 40.6 Å². The van der Waals surface area contributed by atoms with E-state index in [0.29, 0.717) is 15.9 Å². The van der Waals surface area contributed by atoms with E-state index in [1.807, 2.05) is 24.3 Å². The Bertz CT molecular complexity index is 2710. The highest BCUT2D eigenvalue weighted by Crippen LogP contribution is 2.34. The van der Waals surface area contributed by atoms with Crippen molar-refractivity contribution in [2.75, 3.05) is 24.6 Å². The Morgan fingerprint density at radius 2 is 1.54 bits per heavy atom. The van der Waals surface area contributed by atoms with Gasteiger partial charge in [-0.15, -0.1) is 0 Å². The third-order valence-electron chi connectivity index (χ3n) is 12.0. The Kier molecular flexibility index (Phi) is 14.3. The van der Waals surface area contributed by atoms with Gasteiger partial charge in [-0.3, -0.25) is 39.0 Å². The number of hydrogen-bond donors (Lipinski definition) is 3. The average Bonchev–Trinajstić information content (AvgIpc) is 3.54. The van der Waals surface area contributed by atoms with Gasteiger partial charge >= 0.3 is 5.97 Å². The van der Waals surface area contributed by atoms with Gasteiger partial charge in [-0.25, -0.2) is 13.2 Å². The molecule has 1 unspecified atom stereocenters. The first-order valence-electron chi connectivity index (χ1n) is 22.1. The topological polar surface area (TPSA) is 226 Å². The van der Waals surface area contributed by atoms with Gasteiger partial charge in [0.2, 0.25) is 17.7 Å². The Morgan fingerprint density at radius 1 is 0.851 bits per heavy atom. The number of imide groups is 2. The molecule has 1 aliphatic carbocycles. The minimum atomic E-state index is -4.57. The summed E-state index contributed by atoms with van der Waals surface area (Å²) in [7, 11) is -4.57. The summed E-state index contributed by atoms with van der Waals surface area (Å²) < 4.78 is 34.1. The molecule has 2 fully saturated rings. The monoisotopic (exact) mass is 935 g/mol. The first kappa shape index (κ1) is 48.0. The van der Waals surface area contributed by atoms with Crippen LogP contribution in [0.5, 0.6) is 11.5 Å². The summed E-state index contributed by atoms with van der Waals surface area (Å²) in [6.45, 7) is 5.28. The maximum Gasteiger partial charge on any atom is 0.331 e. The Balaban J connectivity index is 1.06. The van der Waals surface area contributed by atoms with Gasteiger partial charge in [0.25, 0.3) is 27.7 Å². The molecule has 6 amide bonds. The fourth-order valence-corrected chi connectivity index (χ4v) is 9.27. The third kappa shape index (κ3) is 10.9. The summed E-state index contributed by atoms with van der Waals surface area (Å²) in [4.78, 5) is 98.6. The zero-order valence-corrected chi connectivity index (χ0v) is 38.5. The highest BCUT2D eigenvalue weighted by molar-refractivity contribution is 7.89. The molecule has 1 atom stereocenters. The van der Waals surface area contributed by atoms with Crippen LogP contribution < -0.4 is 20.3 Å². The first-order chi connectivity index (χ1) is 31.8. The lowest BCUT2D eigenvalue weighted by atomic mass is 9.84. The summed E-state index contributed by atoms with van der Waals surface area (Å²) in [5, 5.41) is 16.0. The molecule has 4 aromatic carbocycles. The minimum Gasteiger partial charge on any atom is -0.507 e. The molecule has 3 aliphatic rings. The van der Waals surface area contributed by atoms with Crippen LogP contribution in [0.15, 0.2) is 89.8 Å². The number of nitrogens with zero attached hydrogens (tertiary/aromatic N) is 3. The van der Waals surface area contributed by atoms with Crippen molar-refractivity contribution in [2.24, 2.45) is 5.41 Å². The number of carbonyl (C=O) groups excluding carboxylic acids is 7. The number of fused-ring (bicyclic) bond motifs is 1. The summed E-state index contributed by atoms with van der Waals surface area (Å²) in [5.74, 6) is -4.82. The molecule has 4 aromatic rings. The number of phenolic OH excluding ortho intramolecular Hbond substituents is 1. The quantitative estimate of drug-likeness (QED) is 0.0743. The van der Waals surface area contributed by atoms with Crippen molar-refractivity contribution in [2.45, 2.75) is 96.0 Å². The van der Waals surface area contributed by atoms with E-state index < -0.39 is 75.2 Å². The van der Waals surface area contributed by atoms with Gasteiger partial charge in [0, 0.05) is 18.2 Å². The lowest BCUT2D eigenvalue weighted by Gasteiger charge is -2.28. The second-order valence-corrected chi connectivity index (χ2v) is 19.8. The van der Waals surface area contributed by atoms with E-state index in [1.165, 1.54) is 65.4 Å². The van der Waals surface area contributed by atoms with Crippen molar-refractivity contribution < 1.29 is 56.7 Å². The standard InChI is InChI=1S/C49H53N5O12S/c1-30-10-18-36(19-11-30)67(63,64)53(66-48(62)49(2,3)4)29-43(57)52(28-31-12-14-33(15-13-31)32-8-6-5-7-9-32)34-16-20-38(41(55)26-34)44(58)50-24-25-65-35-17-21-37-39(27-35)47(61)54(46(37)60)40-22-23-42(56)51-45(40)59/h10-21,26-27,32,40,55H,5-9,22-25,28-29H2,1-4H3,(H,50,58)(H,51,56,59). The summed E-state index contributed by atoms with van der Waals surface area (Å²) in [5.41, 5.74) is 1.61. The van der Waals surface area contributed by atoms with Crippen LogP contribution >= 0.6 is 0 Å². The molecule has 2 heterocycles. The molecule has 0 radical (unpaired) electrons. The zero-order chi connectivity index (χ0) is 48.2. The van der Waals surface area contributed by atoms with E-state index in [-0.39, 0.29) is 65.6 Å². The minimum absolute atomic E-state index is 0.0130. The normalized spacial score (nSPS) is 16.7. The maximum absolute atomic E-state index is 14.5. The number of hydrogen-bond acceptors (Lipinski definition) is 12. The molecular formula is C49H53N5O12S. The molecule has 3 N–H and O–H groups in total. The fourth-order valence-electron chi connectivity index (χ4n) is 8.10. The number of carbonyl (C=O) groups is 7. The van der Waals surface area contributed by atoms with Gasteiger partial charge in [0.05, 0.1) is 40.1 Å². The van der Waals surface area contributed by atoms with Crippen molar-refractivity contribution in [1.29, 1.82) is 0 Å². The van der Waals surface area contributed by atoms with Crippen molar-refractivity contribution in [1.82, 2.24) is 20.0 Å². The van der Waals surface area contributed by atoms with Crippen molar-refractivity contribution in [3.63, 3.8) is 0 Å². The Hall–Kier alpha value is -6.92. The van der Waals surface area contributed by atoms with E-state index >= 15 is 0 Å². The smallest absolute Gasteiger partial charge is 0.331 e. The SMILES string of the molecule is Cc1ccc(S(=O)(=O)N(CC(=O)N(Cc2ccc(C3CCCCC3)cc2)c2ccc(C(=O)NCCOc3ccc4c(c3)C(=O)N(C3CCC(=O)NC3=O)C4=O)c(O)c2)OC(=O)C(C)(C)C)cc1. The lowest BCUT2D eigenvalue weighted by Crippen LogP contribution is -2.54.